The highest BCUT2D eigenvalue weighted by Crippen LogP contribution is 2.32. The fraction of sp³-hybridized carbons (Fsp3) is 0.706. The molecule has 0 saturated heterocycles. The Labute approximate surface area is 136 Å². The highest BCUT2D eigenvalue weighted by atomic mass is 19.3. The van der Waals surface area contributed by atoms with E-state index in [1.807, 2.05) is 26.0 Å². The number of aliphatic hydroxyl groups excluding tert-OH is 1. The molecular formula is C17H26F2O4. The van der Waals surface area contributed by atoms with Crippen LogP contribution in [0.5, 0.6) is 0 Å². The minimum Gasteiger partial charge on any atom is -0.452 e. The van der Waals surface area contributed by atoms with Crippen LogP contribution in [0.1, 0.15) is 33.6 Å². The van der Waals surface area contributed by atoms with E-state index in [9.17, 15) is 18.7 Å². The second-order valence-electron chi connectivity index (χ2n) is 6.08. The number of hydrogen-bond donors (Lipinski definition) is 1. The Morgan fingerprint density at radius 1 is 1.48 bits per heavy atom. The molecule has 0 amide bonds. The van der Waals surface area contributed by atoms with E-state index in [-0.39, 0.29) is 24.4 Å². The summed E-state index contributed by atoms with van der Waals surface area (Å²) in [5.41, 5.74) is 0. The number of aliphatic hydroxyl groups is 1. The first-order chi connectivity index (χ1) is 10.7. The smallest absolute Gasteiger partial charge is 0.331 e. The average molecular weight is 332 g/mol. The number of halogens is 2. The van der Waals surface area contributed by atoms with Crippen LogP contribution in [0.3, 0.4) is 0 Å². The zero-order valence-corrected chi connectivity index (χ0v) is 14.0. The molecule has 6 heteroatoms. The van der Waals surface area contributed by atoms with Crippen LogP contribution in [0.4, 0.5) is 8.78 Å². The molecule has 1 N–H and O–H groups in total. The van der Waals surface area contributed by atoms with Gasteiger partial charge in [0.2, 0.25) is 0 Å². The predicted octanol–water partition coefficient (Wildman–Crippen LogP) is 3.11. The molecule has 132 valence electrons. The third-order valence-corrected chi connectivity index (χ3v) is 4.29. The van der Waals surface area contributed by atoms with Gasteiger partial charge in [0, 0.05) is 25.5 Å². The topological polar surface area (TPSA) is 55.8 Å². The lowest BCUT2D eigenvalue weighted by molar-refractivity contribution is -0.170. The van der Waals surface area contributed by atoms with Crippen LogP contribution in [-0.2, 0) is 14.3 Å². The summed E-state index contributed by atoms with van der Waals surface area (Å²) < 4.78 is 37.6. The minimum absolute atomic E-state index is 0.121. The first-order valence-electron chi connectivity index (χ1n) is 7.82. The van der Waals surface area contributed by atoms with Crippen molar-refractivity contribution < 1.29 is 28.2 Å². The van der Waals surface area contributed by atoms with E-state index in [1.54, 1.807) is 6.92 Å². The van der Waals surface area contributed by atoms with Gasteiger partial charge >= 0.3 is 11.9 Å². The largest absolute Gasteiger partial charge is 0.452 e. The van der Waals surface area contributed by atoms with E-state index in [0.717, 1.165) is 6.42 Å². The quantitative estimate of drug-likeness (QED) is 0.548. The normalized spacial score (nSPS) is 25.9. The summed E-state index contributed by atoms with van der Waals surface area (Å²) in [4.78, 5) is 11.2. The molecule has 4 nitrogen and oxygen atoms in total. The second-order valence-corrected chi connectivity index (χ2v) is 6.08. The van der Waals surface area contributed by atoms with Gasteiger partial charge in [-0.1, -0.05) is 26.0 Å². The van der Waals surface area contributed by atoms with Gasteiger partial charge in [0.1, 0.15) is 0 Å². The van der Waals surface area contributed by atoms with E-state index in [0.29, 0.717) is 12.2 Å². The van der Waals surface area contributed by atoms with E-state index in [4.69, 9.17) is 4.74 Å². The van der Waals surface area contributed by atoms with Crippen LogP contribution in [0, 0.1) is 11.8 Å². The Bertz CT molecular complexity index is 448. The summed E-state index contributed by atoms with van der Waals surface area (Å²) in [6.07, 6.45) is 2.60. The monoisotopic (exact) mass is 332 g/mol. The zero-order chi connectivity index (χ0) is 17.6. The number of alkyl halides is 2. The molecule has 0 aromatic carbocycles. The Morgan fingerprint density at radius 2 is 2.13 bits per heavy atom. The molecule has 0 aromatic heterocycles. The molecule has 23 heavy (non-hydrogen) atoms. The second kappa shape index (κ2) is 8.55. The van der Waals surface area contributed by atoms with Crippen LogP contribution in [0.2, 0.25) is 0 Å². The molecule has 1 rings (SSSR count). The fourth-order valence-corrected chi connectivity index (χ4v) is 2.85. The molecule has 0 bridgehead atoms. The molecule has 0 unspecified atom stereocenters. The highest BCUT2D eigenvalue weighted by molar-refractivity contribution is 5.83. The van der Waals surface area contributed by atoms with Gasteiger partial charge in [-0.05, 0) is 25.3 Å². The fourth-order valence-electron chi connectivity index (χ4n) is 2.85. The Kier molecular flexibility index (Phi) is 7.35. The highest BCUT2D eigenvalue weighted by Gasteiger charge is 2.45. The number of carbonyl (C=O) groups is 1. The first kappa shape index (κ1) is 19.8. The van der Waals surface area contributed by atoms with Gasteiger partial charge in [0.15, 0.2) is 6.10 Å². The molecular weight excluding hydrogens is 306 g/mol. The predicted molar refractivity (Wildman–Crippen MR) is 83.1 cm³/mol. The maximum absolute atomic E-state index is 13.8. The average Bonchev–Trinajstić information content (AvgIpc) is 2.49. The number of hydrogen-bond acceptors (Lipinski definition) is 4. The van der Waals surface area contributed by atoms with Crippen molar-refractivity contribution in [2.45, 2.75) is 57.8 Å². The lowest BCUT2D eigenvalue weighted by Crippen LogP contribution is -2.44. The SMILES string of the molecule is C/C=C/C[C@H](C)[C@@H](OC)[C@@H](C)[C@H](O)C[C@@H]1OC(=O)C=CC1(F)F. The van der Waals surface area contributed by atoms with Crippen molar-refractivity contribution in [2.75, 3.05) is 7.11 Å². The Morgan fingerprint density at radius 3 is 2.70 bits per heavy atom. The van der Waals surface area contributed by atoms with Crippen molar-refractivity contribution >= 4 is 5.97 Å². The molecule has 0 aromatic rings. The van der Waals surface area contributed by atoms with Gasteiger partial charge in [0.05, 0.1) is 12.2 Å². The third kappa shape index (κ3) is 5.39. The van der Waals surface area contributed by atoms with Gasteiger partial charge in [-0.15, -0.1) is 0 Å². The number of methoxy groups -OCH3 is 1. The number of rotatable bonds is 8. The maximum atomic E-state index is 13.8. The number of esters is 1. The van der Waals surface area contributed by atoms with Crippen molar-refractivity contribution in [3.63, 3.8) is 0 Å². The number of carbonyl (C=O) groups excluding carboxylic acids is 1. The van der Waals surface area contributed by atoms with Gasteiger partial charge < -0.3 is 14.6 Å². The van der Waals surface area contributed by atoms with E-state index in [1.165, 1.54) is 7.11 Å². The van der Waals surface area contributed by atoms with Crippen molar-refractivity contribution in [3.8, 4) is 0 Å². The number of allylic oxidation sites excluding steroid dienone is 2. The van der Waals surface area contributed by atoms with Gasteiger partial charge in [-0.2, -0.15) is 8.78 Å². The van der Waals surface area contributed by atoms with Crippen molar-refractivity contribution in [1.82, 2.24) is 0 Å². The maximum Gasteiger partial charge on any atom is 0.331 e. The van der Waals surface area contributed by atoms with Gasteiger partial charge in [0.25, 0.3) is 0 Å². The van der Waals surface area contributed by atoms with E-state index < -0.39 is 24.1 Å². The summed E-state index contributed by atoms with van der Waals surface area (Å²) in [7, 11) is 1.54. The van der Waals surface area contributed by atoms with E-state index >= 15 is 0 Å². The Hall–Kier alpha value is -1.27. The van der Waals surface area contributed by atoms with Gasteiger partial charge in [-0.3, -0.25) is 0 Å². The van der Waals surface area contributed by atoms with Crippen LogP contribution in [0.25, 0.3) is 0 Å². The molecule has 0 fully saturated rings. The Balaban J connectivity index is 2.72. The molecule has 0 radical (unpaired) electrons. The number of cyclic esters (lactones) is 1. The molecule has 5 atom stereocenters. The molecule has 0 aliphatic carbocycles. The summed E-state index contributed by atoms with van der Waals surface area (Å²) in [5, 5.41) is 10.3. The van der Waals surface area contributed by atoms with Crippen molar-refractivity contribution in [1.29, 1.82) is 0 Å². The van der Waals surface area contributed by atoms with E-state index in [2.05, 4.69) is 4.74 Å². The number of ether oxygens (including phenoxy) is 2. The lowest BCUT2D eigenvalue weighted by Gasteiger charge is -2.34. The molecule has 0 saturated carbocycles. The van der Waals surface area contributed by atoms with Crippen LogP contribution in [-0.4, -0.2) is 42.4 Å². The van der Waals surface area contributed by atoms with Gasteiger partial charge in [-0.25, -0.2) is 4.79 Å². The van der Waals surface area contributed by atoms with Crippen LogP contribution >= 0.6 is 0 Å². The zero-order valence-electron chi connectivity index (χ0n) is 14.0. The van der Waals surface area contributed by atoms with Crippen LogP contribution < -0.4 is 0 Å². The summed E-state index contributed by atoms with van der Waals surface area (Å²) in [6, 6.07) is 0. The molecule has 1 heterocycles. The van der Waals surface area contributed by atoms with Crippen LogP contribution in [0.15, 0.2) is 24.3 Å². The summed E-state index contributed by atoms with van der Waals surface area (Å²) in [6.45, 7) is 5.65. The standard InChI is InChI=1S/C17H26F2O4/c1-5-6-7-11(2)16(22-4)12(3)13(20)10-14-17(18,19)9-8-15(21)23-14/h5-6,8-9,11-14,16,20H,7,10H2,1-4H3/b6-5+/t11-,12-,13+,14-,16+/m0/s1. The van der Waals surface area contributed by atoms with Crippen molar-refractivity contribution in [3.05, 3.63) is 24.3 Å². The van der Waals surface area contributed by atoms with Crippen molar-refractivity contribution in [2.24, 2.45) is 11.8 Å². The minimum atomic E-state index is -3.27. The summed E-state index contributed by atoms with van der Waals surface area (Å²) in [5.74, 6) is -4.34. The molecule has 1 aliphatic rings. The summed E-state index contributed by atoms with van der Waals surface area (Å²) >= 11 is 0. The molecule has 0 spiro atoms. The lowest BCUT2D eigenvalue weighted by atomic mass is 9.84. The molecule has 1 aliphatic heterocycles. The third-order valence-electron chi connectivity index (χ3n) is 4.29. The first-order valence-corrected chi connectivity index (χ1v) is 7.82.